The van der Waals surface area contributed by atoms with Crippen molar-refractivity contribution in [2.45, 2.75) is 65.3 Å². The maximum absolute atomic E-state index is 13.4. The molecule has 2 aromatic rings. The number of carbonyl (C=O) groups is 1. The first kappa shape index (κ1) is 23.5. The van der Waals surface area contributed by atoms with Crippen molar-refractivity contribution in [3.05, 3.63) is 63.7 Å². The van der Waals surface area contributed by atoms with Gasteiger partial charge in [-0.3, -0.25) is 4.79 Å². The van der Waals surface area contributed by atoms with Gasteiger partial charge >= 0.3 is 0 Å². The Hall–Kier alpha value is -2.18. The number of rotatable bonds is 5. The van der Waals surface area contributed by atoms with Crippen LogP contribution in [0.3, 0.4) is 0 Å². The average Bonchev–Trinajstić information content (AvgIpc) is 2.72. The lowest BCUT2D eigenvalue weighted by Crippen LogP contribution is -2.43. The lowest BCUT2D eigenvalue weighted by atomic mass is 9.96. The second kappa shape index (κ2) is 9.13. The fourth-order valence-corrected chi connectivity index (χ4v) is 6.58. The van der Waals surface area contributed by atoms with Gasteiger partial charge in [0.05, 0.1) is 10.9 Å². The lowest BCUT2D eigenvalue weighted by Gasteiger charge is -2.32. The van der Waals surface area contributed by atoms with E-state index in [4.69, 9.17) is 0 Å². The Kier molecular flexibility index (Phi) is 6.92. The molecule has 1 atom stereocenters. The van der Waals surface area contributed by atoms with Gasteiger partial charge in [0.15, 0.2) is 0 Å². The third-order valence-electron chi connectivity index (χ3n) is 6.73. The summed E-state index contributed by atoms with van der Waals surface area (Å²) in [5, 5.41) is 3.12. The first-order valence-electron chi connectivity index (χ1n) is 11.0. The largest absolute Gasteiger partial charge is 0.349 e. The summed E-state index contributed by atoms with van der Waals surface area (Å²) in [7, 11) is -3.59. The summed E-state index contributed by atoms with van der Waals surface area (Å²) in [4.78, 5) is 13.3. The average molecular weight is 443 g/mol. The first-order valence-corrected chi connectivity index (χ1v) is 12.4. The fraction of sp³-hybridized carbons (Fsp3) is 0.480. The molecule has 3 rings (SSSR count). The van der Waals surface area contributed by atoms with E-state index in [2.05, 4.69) is 5.32 Å². The van der Waals surface area contributed by atoms with Crippen LogP contribution in [0.15, 0.2) is 35.2 Å². The van der Waals surface area contributed by atoms with Gasteiger partial charge in [0.1, 0.15) is 0 Å². The minimum absolute atomic E-state index is 0.00608. The summed E-state index contributed by atoms with van der Waals surface area (Å²) < 4.78 is 28.4. The number of hydrogen-bond acceptors (Lipinski definition) is 3. The van der Waals surface area contributed by atoms with Crippen LogP contribution in [-0.2, 0) is 14.8 Å². The van der Waals surface area contributed by atoms with Gasteiger partial charge in [-0.2, -0.15) is 4.31 Å². The minimum atomic E-state index is -3.59. The molecule has 1 saturated heterocycles. The molecule has 0 aliphatic carbocycles. The Morgan fingerprint density at radius 2 is 1.52 bits per heavy atom. The van der Waals surface area contributed by atoms with Crippen LogP contribution in [0, 0.1) is 40.5 Å². The van der Waals surface area contributed by atoms with E-state index in [1.165, 1.54) is 0 Å². The molecule has 6 heteroatoms. The predicted octanol–water partition coefficient (Wildman–Crippen LogP) is 4.51. The highest BCUT2D eigenvalue weighted by atomic mass is 32.2. The van der Waals surface area contributed by atoms with Crippen molar-refractivity contribution in [3.63, 3.8) is 0 Å². The highest BCUT2D eigenvalue weighted by Gasteiger charge is 2.34. The Balaban J connectivity index is 1.69. The normalized spacial score (nSPS) is 16.8. The van der Waals surface area contributed by atoms with Gasteiger partial charge in [-0.1, -0.05) is 30.3 Å². The van der Waals surface area contributed by atoms with Gasteiger partial charge in [0.25, 0.3) is 0 Å². The molecule has 5 nitrogen and oxygen atoms in total. The van der Waals surface area contributed by atoms with Gasteiger partial charge in [-0.05, 0) is 87.8 Å². The summed E-state index contributed by atoms with van der Waals surface area (Å²) in [5.74, 6) is -0.161. The van der Waals surface area contributed by atoms with E-state index in [9.17, 15) is 13.2 Å². The predicted molar refractivity (Wildman–Crippen MR) is 125 cm³/mol. The highest BCUT2D eigenvalue weighted by Crippen LogP contribution is 2.31. The molecule has 168 valence electrons. The monoisotopic (exact) mass is 442 g/mol. The van der Waals surface area contributed by atoms with Crippen LogP contribution in [-0.4, -0.2) is 31.7 Å². The Morgan fingerprint density at radius 1 is 0.968 bits per heavy atom. The quantitative estimate of drug-likeness (QED) is 0.741. The number of carbonyl (C=O) groups excluding carboxylic acids is 1. The van der Waals surface area contributed by atoms with Crippen molar-refractivity contribution in [1.82, 2.24) is 9.62 Å². The second-order valence-electron chi connectivity index (χ2n) is 8.85. The van der Waals surface area contributed by atoms with E-state index in [1.54, 1.807) is 4.31 Å². The van der Waals surface area contributed by atoms with E-state index in [1.807, 2.05) is 71.9 Å². The molecule has 0 radical (unpaired) electrons. The Morgan fingerprint density at radius 3 is 2.06 bits per heavy atom. The maximum atomic E-state index is 13.4. The highest BCUT2D eigenvalue weighted by molar-refractivity contribution is 7.89. The van der Waals surface area contributed by atoms with E-state index >= 15 is 0 Å². The number of aryl methyl sites for hydroxylation is 3. The number of sulfonamides is 1. The van der Waals surface area contributed by atoms with Crippen molar-refractivity contribution >= 4 is 15.9 Å². The number of amides is 1. The molecule has 1 unspecified atom stereocenters. The van der Waals surface area contributed by atoms with Gasteiger partial charge < -0.3 is 5.32 Å². The van der Waals surface area contributed by atoms with Crippen LogP contribution in [0.1, 0.15) is 59.2 Å². The molecule has 1 heterocycles. The van der Waals surface area contributed by atoms with Gasteiger partial charge in [-0.25, -0.2) is 8.42 Å². The first-order chi connectivity index (χ1) is 14.5. The van der Waals surface area contributed by atoms with Crippen molar-refractivity contribution in [1.29, 1.82) is 0 Å². The molecule has 0 saturated carbocycles. The molecule has 1 aliphatic heterocycles. The van der Waals surface area contributed by atoms with E-state index < -0.39 is 10.0 Å². The van der Waals surface area contributed by atoms with Crippen LogP contribution in [0.4, 0.5) is 0 Å². The molecule has 1 aliphatic rings. The third-order valence-corrected chi connectivity index (χ3v) is 8.91. The standard InChI is InChI=1S/C25H34N2O3S/c1-16-9-7-8-10-23(16)21(6)26-25(28)22-11-13-27(14-12-22)31(29,30)24-19(4)17(2)15-18(3)20(24)5/h7-10,15,21-22H,11-14H2,1-6H3,(H,26,28). The summed E-state index contributed by atoms with van der Waals surface area (Å²) in [6.07, 6.45) is 1.07. The smallest absolute Gasteiger partial charge is 0.243 e. The van der Waals surface area contributed by atoms with Crippen molar-refractivity contribution in [2.24, 2.45) is 5.92 Å². The Labute approximate surface area is 186 Å². The molecule has 31 heavy (non-hydrogen) atoms. The molecule has 1 fully saturated rings. The Bertz CT molecular complexity index is 1060. The van der Waals surface area contributed by atoms with Gasteiger partial charge in [0.2, 0.25) is 15.9 Å². The van der Waals surface area contributed by atoms with Gasteiger partial charge in [-0.15, -0.1) is 0 Å². The lowest BCUT2D eigenvalue weighted by molar-refractivity contribution is -0.126. The number of hydrogen-bond donors (Lipinski definition) is 1. The zero-order chi connectivity index (χ0) is 22.9. The summed E-state index contributed by atoms with van der Waals surface area (Å²) in [5.41, 5.74) is 5.86. The molecule has 1 amide bonds. The van der Waals surface area contributed by atoms with Crippen LogP contribution in [0.25, 0.3) is 0 Å². The summed E-state index contributed by atoms with van der Waals surface area (Å²) in [6, 6.07) is 10.0. The molecule has 2 aromatic carbocycles. The topological polar surface area (TPSA) is 66.5 Å². The van der Waals surface area contributed by atoms with Crippen LogP contribution >= 0.6 is 0 Å². The van der Waals surface area contributed by atoms with Gasteiger partial charge in [0, 0.05) is 19.0 Å². The van der Waals surface area contributed by atoms with Crippen LogP contribution in [0.5, 0.6) is 0 Å². The van der Waals surface area contributed by atoms with Crippen molar-refractivity contribution < 1.29 is 13.2 Å². The molecular weight excluding hydrogens is 408 g/mol. The number of piperidine rings is 1. The van der Waals surface area contributed by atoms with Crippen molar-refractivity contribution in [2.75, 3.05) is 13.1 Å². The number of nitrogens with one attached hydrogen (secondary N) is 1. The van der Waals surface area contributed by atoms with E-state index in [-0.39, 0.29) is 17.9 Å². The van der Waals surface area contributed by atoms with Crippen LogP contribution in [0.2, 0.25) is 0 Å². The zero-order valence-corrected chi connectivity index (χ0v) is 20.3. The molecular formula is C25H34N2O3S. The summed E-state index contributed by atoms with van der Waals surface area (Å²) in [6.45, 7) is 12.4. The fourth-order valence-electron chi connectivity index (χ4n) is 4.54. The third kappa shape index (κ3) is 4.70. The maximum Gasteiger partial charge on any atom is 0.243 e. The number of benzene rings is 2. The SMILES string of the molecule is Cc1ccccc1C(C)NC(=O)C1CCN(S(=O)(=O)c2c(C)c(C)cc(C)c2C)CC1. The molecule has 0 spiro atoms. The molecule has 0 aromatic heterocycles. The number of nitrogens with zero attached hydrogens (tertiary/aromatic N) is 1. The van der Waals surface area contributed by atoms with Crippen molar-refractivity contribution in [3.8, 4) is 0 Å². The molecule has 1 N–H and O–H groups in total. The minimum Gasteiger partial charge on any atom is -0.349 e. The summed E-state index contributed by atoms with van der Waals surface area (Å²) >= 11 is 0. The molecule has 0 bridgehead atoms. The van der Waals surface area contributed by atoms with E-state index in [0.29, 0.717) is 30.8 Å². The van der Waals surface area contributed by atoms with E-state index in [0.717, 1.165) is 33.4 Å². The second-order valence-corrected chi connectivity index (χ2v) is 10.7. The zero-order valence-electron chi connectivity index (χ0n) is 19.5. The van der Waals surface area contributed by atoms with Crippen LogP contribution < -0.4 is 5.32 Å².